The molecule has 1 N–H and O–H groups in total. The van der Waals surface area contributed by atoms with Gasteiger partial charge in [-0.3, -0.25) is 0 Å². The lowest BCUT2D eigenvalue weighted by Gasteiger charge is -2.27. The summed E-state index contributed by atoms with van der Waals surface area (Å²) in [5.41, 5.74) is 0. The zero-order valence-corrected chi connectivity index (χ0v) is 10.4. The fourth-order valence-electron chi connectivity index (χ4n) is 2.28. The third kappa shape index (κ3) is 2.60. The quantitative estimate of drug-likeness (QED) is 0.854. The number of hydrogen-bond acceptors (Lipinski definition) is 3. The summed E-state index contributed by atoms with van der Waals surface area (Å²) in [7, 11) is 0. The number of fused-ring (bicyclic) bond motifs is 1. The Morgan fingerprint density at radius 3 is 2.30 bits per heavy atom. The first-order valence-corrected chi connectivity index (χ1v) is 5.96. The molecule has 0 spiro atoms. The van der Waals surface area contributed by atoms with Crippen LogP contribution in [0.5, 0.6) is 0 Å². The fraction of sp³-hybridized carbons (Fsp3) is 0.800. The van der Waals surface area contributed by atoms with E-state index < -0.39 is 24.1 Å². The molecule has 2 rings (SSSR count). The van der Waals surface area contributed by atoms with Crippen molar-refractivity contribution in [1.29, 1.82) is 0 Å². The largest absolute Gasteiger partial charge is 0.407 e. The van der Waals surface area contributed by atoms with Gasteiger partial charge in [0.25, 0.3) is 0 Å². The molecule has 1 aliphatic heterocycles. The predicted octanol–water partition coefficient (Wildman–Crippen LogP) is 2.54. The van der Waals surface area contributed by atoms with E-state index in [2.05, 4.69) is 15.5 Å². The van der Waals surface area contributed by atoms with Gasteiger partial charge < -0.3 is 9.88 Å². The van der Waals surface area contributed by atoms with Crippen molar-refractivity contribution in [2.45, 2.75) is 44.2 Å². The Bertz CT molecular complexity index is 463. The second kappa shape index (κ2) is 4.90. The summed E-state index contributed by atoms with van der Waals surface area (Å²) < 4.78 is 77.2. The molecule has 2 heterocycles. The van der Waals surface area contributed by atoms with Gasteiger partial charge in [-0.15, -0.1) is 10.2 Å². The van der Waals surface area contributed by atoms with Crippen LogP contribution in [0.1, 0.15) is 37.0 Å². The molecule has 20 heavy (non-hydrogen) atoms. The summed E-state index contributed by atoms with van der Waals surface area (Å²) in [5, 5.41) is 9.64. The summed E-state index contributed by atoms with van der Waals surface area (Å²) in [5.74, 6) is -4.57. The lowest BCUT2D eigenvalue weighted by molar-refractivity contribution is -0.256. The highest BCUT2D eigenvalue weighted by Crippen LogP contribution is 2.46. The molecule has 0 amide bonds. The van der Waals surface area contributed by atoms with Crippen molar-refractivity contribution in [2.24, 2.45) is 0 Å². The van der Waals surface area contributed by atoms with Gasteiger partial charge in [0.15, 0.2) is 5.82 Å². The standard InChI is InChI=1S/C10H12F6N4/c1-2-5-7-18-19-8(20(7)4-3-17-5)6(9(11,12)13)10(14,15)16/h5-6,17H,2-4H2,1H3. The van der Waals surface area contributed by atoms with E-state index in [4.69, 9.17) is 0 Å². The molecule has 0 fully saturated rings. The molecule has 1 atom stereocenters. The summed E-state index contributed by atoms with van der Waals surface area (Å²) >= 11 is 0. The number of halogens is 6. The fourth-order valence-corrected chi connectivity index (χ4v) is 2.28. The van der Waals surface area contributed by atoms with Crippen LogP contribution in [0.4, 0.5) is 26.3 Å². The Morgan fingerprint density at radius 2 is 1.80 bits per heavy atom. The molecule has 4 nitrogen and oxygen atoms in total. The molecule has 0 aromatic carbocycles. The molecule has 114 valence electrons. The first-order chi connectivity index (χ1) is 9.16. The van der Waals surface area contributed by atoms with Gasteiger partial charge in [0.1, 0.15) is 5.82 Å². The van der Waals surface area contributed by atoms with Gasteiger partial charge in [-0.2, -0.15) is 26.3 Å². The number of aromatic nitrogens is 3. The monoisotopic (exact) mass is 302 g/mol. The van der Waals surface area contributed by atoms with Gasteiger partial charge in [0.2, 0.25) is 5.92 Å². The van der Waals surface area contributed by atoms with Crippen LogP contribution in [0.15, 0.2) is 0 Å². The van der Waals surface area contributed by atoms with Gasteiger partial charge >= 0.3 is 12.4 Å². The lowest BCUT2D eigenvalue weighted by Crippen LogP contribution is -2.39. The molecule has 0 aliphatic carbocycles. The maximum Gasteiger partial charge on any atom is 0.407 e. The topological polar surface area (TPSA) is 42.7 Å². The van der Waals surface area contributed by atoms with Crippen molar-refractivity contribution in [2.75, 3.05) is 6.54 Å². The van der Waals surface area contributed by atoms with Gasteiger partial charge in [-0.1, -0.05) is 6.92 Å². The van der Waals surface area contributed by atoms with E-state index in [0.717, 1.165) is 4.57 Å². The van der Waals surface area contributed by atoms with E-state index in [9.17, 15) is 26.3 Å². The average molecular weight is 302 g/mol. The van der Waals surface area contributed by atoms with Crippen molar-refractivity contribution >= 4 is 0 Å². The smallest absolute Gasteiger partial charge is 0.312 e. The van der Waals surface area contributed by atoms with E-state index in [1.165, 1.54) is 0 Å². The van der Waals surface area contributed by atoms with E-state index >= 15 is 0 Å². The van der Waals surface area contributed by atoms with Crippen molar-refractivity contribution in [3.63, 3.8) is 0 Å². The second-order valence-corrected chi connectivity index (χ2v) is 4.50. The Balaban J connectivity index is 2.49. The van der Waals surface area contributed by atoms with Crippen molar-refractivity contribution in [1.82, 2.24) is 20.1 Å². The number of nitrogens with zero attached hydrogens (tertiary/aromatic N) is 3. The summed E-state index contributed by atoms with van der Waals surface area (Å²) in [6, 6.07) is -0.382. The molecule has 1 aromatic heterocycles. The Hall–Kier alpha value is -1.32. The lowest BCUT2D eigenvalue weighted by atomic mass is 10.1. The highest BCUT2D eigenvalue weighted by atomic mass is 19.4. The van der Waals surface area contributed by atoms with Gasteiger partial charge in [-0.25, -0.2) is 0 Å². The Labute approximate surface area is 110 Å². The zero-order chi connectivity index (χ0) is 15.1. The van der Waals surface area contributed by atoms with Crippen molar-refractivity contribution in [3.8, 4) is 0 Å². The second-order valence-electron chi connectivity index (χ2n) is 4.50. The van der Waals surface area contributed by atoms with Crippen LogP contribution in [0.2, 0.25) is 0 Å². The van der Waals surface area contributed by atoms with Crippen molar-refractivity contribution < 1.29 is 26.3 Å². The molecule has 0 radical (unpaired) electrons. The van der Waals surface area contributed by atoms with Crippen LogP contribution < -0.4 is 5.32 Å². The Morgan fingerprint density at radius 1 is 1.20 bits per heavy atom. The van der Waals surface area contributed by atoms with Crippen LogP contribution in [-0.4, -0.2) is 33.7 Å². The maximum atomic E-state index is 12.7. The third-order valence-corrected chi connectivity index (χ3v) is 3.17. The molecule has 0 saturated heterocycles. The normalized spacial score (nSPS) is 20.3. The number of hydrogen-bond donors (Lipinski definition) is 1. The maximum absolute atomic E-state index is 12.7. The SMILES string of the molecule is CCC1NCCn2c1nnc2C(C(F)(F)F)C(F)(F)F. The first-order valence-electron chi connectivity index (χ1n) is 5.96. The van der Waals surface area contributed by atoms with Crippen LogP contribution in [0, 0.1) is 0 Å². The van der Waals surface area contributed by atoms with E-state index in [0.29, 0.717) is 6.42 Å². The minimum absolute atomic E-state index is 0.0170. The summed E-state index contributed by atoms with van der Waals surface area (Å²) in [4.78, 5) is 0. The first kappa shape index (κ1) is 15.1. The summed E-state index contributed by atoms with van der Waals surface area (Å²) in [6.07, 6.45) is -10.4. The average Bonchev–Trinajstić information content (AvgIpc) is 2.69. The highest BCUT2D eigenvalue weighted by Gasteiger charge is 2.60. The van der Waals surface area contributed by atoms with E-state index in [1.54, 1.807) is 6.92 Å². The zero-order valence-electron chi connectivity index (χ0n) is 10.4. The molecule has 1 aromatic rings. The van der Waals surface area contributed by atoms with E-state index in [1.807, 2.05) is 0 Å². The number of nitrogens with one attached hydrogen (secondary N) is 1. The van der Waals surface area contributed by atoms with Crippen molar-refractivity contribution in [3.05, 3.63) is 11.6 Å². The molecule has 0 bridgehead atoms. The predicted molar refractivity (Wildman–Crippen MR) is 55.9 cm³/mol. The van der Waals surface area contributed by atoms with Crippen LogP contribution in [0.25, 0.3) is 0 Å². The molecule has 1 unspecified atom stereocenters. The highest BCUT2D eigenvalue weighted by molar-refractivity contribution is 5.12. The number of alkyl halides is 6. The minimum atomic E-state index is -5.45. The Kier molecular flexibility index (Phi) is 3.69. The van der Waals surface area contributed by atoms with Crippen LogP contribution in [0.3, 0.4) is 0 Å². The molecular formula is C10H12F6N4. The summed E-state index contributed by atoms with van der Waals surface area (Å²) in [6.45, 7) is 2.02. The van der Waals surface area contributed by atoms with Gasteiger partial charge in [0.05, 0.1) is 6.04 Å². The van der Waals surface area contributed by atoms with Crippen LogP contribution in [-0.2, 0) is 6.54 Å². The third-order valence-electron chi connectivity index (χ3n) is 3.17. The minimum Gasteiger partial charge on any atom is -0.312 e. The number of rotatable bonds is 2. The van der Waals surface area contributed by atoms with Gasteiger partial charge in [-0.05, 0) is 6.42 Å². The van der Waals surface area contributed by atoms with Gasteiger partial charge in [0, 0.05) is 13.1 Å². The molecule has 0 saturated carbocycles. The molecule has 10 heteroatoms. The van der Waals surface area contributed by atoms with Crippen LogP contribution >= 0.6 is 0 Å². The molecular weight excluding hydrogens is 290 g/mol. The van der Waals surface area contributed by atoms with E-state index in [-0.39, 0.29) is 25.0 Å². The molecule has 1 aliphatic rings.